The number of nitrogens with one attached hydrogen (secondary N) is 1. The first-order valence-corrected chi connectivity index (χ1v) is 8.43. The van der Waals surface area contributed by atoms with Gasteiger partial charge >= 0.3 is 0 Å². The molecule has 0 unspecified atom stereocenters. The smallest absolute Gasteiger partial charge is 0.286 e. The molecule has 2 aromatic heterocycles. The molecule has 0 aliphatic heterocycles. The molecule has 0 aromatic carbocycles. The molecule has 23 heavy (non-hydrogen) atoms. The summed E-state index contributed by atoms with van der Waals surface area (Å²) in [6.45, 7) is 3.79. The van der Waals surface area contributed by atoms with Gasteiger partial charge in [0, 0.05) is 10.4 Å². The summed E-state index contributed by atoms with van der Waals surface area (Å²) >= 11 is 5.07. The van der Waals surface area contributed by atoms with Gasteiger partial charge < -0.3 is 0 Å². The van der Waals surface area contributed by atoms with Crippen molar-refractivity contribution >= 4 is 50.3 Å². The highest BCUT2D eigenvalue weighted by Gasteiger charge is 2.32. The minimum absolute atomic E-state index is 0.296. The number of halogens is 1. The third kappa shape index (κ3) is 2.37. The van der Waals surface area contributed by atoms with E-state index in [0.717, 1.165) is 30.9 Å². The van der Waals surface area contributed by atoms with E-state index < -0.39 is 0 Å². The van der Waals surface area contributed by atoms with E-state index in [1.165, 1.54) is 0 Å². The maximum absolute atomic E-state index is 9.51. The molecule has 0 fully saturated rings. The van der Waals surface area contributed by atoms with Crippen LogP contribution in [0.25, 0.3) is 17.2 Å². The first kappa shape index (κ1) is 15.5. The molecule has 0 bridgehead atoms. The standard InChI is InChI=1S/C17H11BrN4S/c1-8-11(5-10-3-4-14(18)23-10)15-9(2)13(7-20)17(21)22-16(15)12(8)6-19/h3-5H,1-2H3,(H2,21,22)/p+1. The minimum atomic E-state index is 0.296. The van der Waals surface area contributed by atoms with Crippen LogP contribution in [0.4, 0.5) is 5.82 Å². The molecule has 0 radical (unpaired) electrons. The fourth-order valence-electron chi connectivity index (χ4n) is 2.82. The van der Waals surface area contributed by atoms with E-state index in [2.05, 4.69) is 33.1 Å². The van der Waals surface area contributed by atoms with Gasteiger partial charge in [0.1, 0.15) is 23.3 Å². The lowest BCUT2D eigenvalue weighted by atomic mass is 9.97. The van der Waals surface area contributed by atoms with Crippen molar-refractivity contribution in [1.82, 2.24) is 0 Å². The molecular formula is C17H12BrN4S+. The molecule has 2 aromatic rings. The van der Waals surface area contributed by atoms with Crippen LogP contribution in [0.3, 0.4) is 0 Å². The number of allylic oxidation sites excluding steroid dienone is 3. The van der Waals surface area contributed by atoms with Crippen LogP contribution < -0.4 is 10.7 Å². The molecule has 0 atom stereocenters. The summed E-state index contributed by atoms with van der Waals surface area (Å²) in [4.78, 5) is 4.10. The molecule has 112 valence electrons. The van der Waals surface area contributed by atoms with Crippen LogP contribution in [0.1, 0.15) is 34.2 Å². The van der Waals surface area contributed by atoms with E-state index in [4.69, 9.17) is 5.73 Å². The molecule has 0 amide bonds. The molecule has 4 nitrogen and oxygen atoms in total. The number of thiophene rings is 1. The van der Waals surface area contributed by atoms with Gasteiger partial charge in [-0.15, -0.1) is 11.3 Å². The molecule has 0 saturated heterocycles. The Balaban J connectivity index is 2.34. The number of nitriles is 2. The van der Waals surface area contributed by atoms with E-state index in [-0.39, 0.29) is 0 Å². The summed E-state index contributed by atoms with van der Waals surface area (Å²) in [5.41, 5.74) is 11.2. The average Bonchev–Trinajstić information content (AvgIpc) is 3.02. The number of pyridine rings is 1. The summed E-state index contributed by atoms with van der Waals surface area (Å²) < 4.78 is 1.04. The number of rotatable bonds is 1. The van der Waals surface area contributed by atoms with Crippen LogP contribution in [0.5, 0.6) is 0 Å². The van der Waals surface area contributed by atoms with Crippen molar-refractivity contribution in [2.24, 2.45) is 0 Å². The van der Waals surface area contributed by atoms with Crippen LogP contribution in [-0.2, 0) is 0 Å². The number of H-pyrrole nitrogens is 1. The third-order valence-corrected chi connectivity index (χ3v) is 5.50. The Kier molecular flexibility index (Phi) is 3.81. The second kappa shape index (κ2) is 5.66. The Morgan fingerprint density at radius 1 is 1.26 bits per heavy atom. The van der Waals surface area contributed by atoms with E-state index in [1.807, 2.05) is 32.1 Å². The van der Waals surface area contributed by atoms with E-state index in [1.54, 1.807) is 11.3 Å². The lowest BCUT2D eigenvalue weighted by Crippen LogP contribution is -2.20. The normalized spacial score (nSPS) is 14.7. The van der Waals surface area contributed by atoms with Gasteiger partial charge in [-0.05, 0) is 64.7 Å². The van der Waals surface area contributed by atoms with E-state index in [0.29, 0.717) is 22.6 Å². The van der Waals surface area contributed by atoms with Gasteiger partial charge in [0.15, 0.2) is 5.69 Å². The predicted octanol–water partition coefficient (Wildman–Crippen LogP) is 3.94. The minimum Gasteiger partial charge on any atom is -0.286 e. The van der Waals surface area contributed by atoms with Crippen molar-refractivity contribution in [3.63, 3.8) is 0 Å². The van der Waals surface area contributed by atoms with Crippen LogP contribution in [0.15, 0.2) is 21.5 Å². The SMILES string of the molecule is CC1=C(C#N)c2[nH+]c(N)c(C#N)c(C)c2C1=Cc1ccc(Br)s1. The van der Waals surface area contributed by atoms with E-state index in [9.17, 15) is 10.5 Å². The molecule has 0 spiro atoms. The zero-order valence-corrected chi connectivity index (χ0v) is 14.9. The highest BCUT2D eigenvalue weighted by molar-refractivity contribution is 9.11. The molecule has 1 aliphatic carbocycles. The van der Waals surface area contributed by atoms with Crippen molar-refractivity contribution in [3.05, 3.63) is 48.8 Å². The second-order valence-corrected chi connectivity index (χ2v) is 7.71. The van der Waals surface area contributed by atoms with Gasteiger partial charge in [-0.25, -0.2) is 4.98 Å². The van der Waals surface area contributed by atoms with Gasteiger partial charge in [-0.1, -0.05) is 0 Å². The summed E-state index contributed by atoms with van der Waals surface area (Å²) in [6.07, 6.45) is 2.05. The van der Waals surface area contributed by atoms with Crippen LogP contribution in [0.2, 0.25) is 0 Å². The number of nitrogens with zero attached hydrogens (tertiary/aromatic N) is 2. The largest absolute Gasteiger partial charge is 0.289 e. The molecule has 6 heteroatoms. The topological polar surface area (TPSA) is 87.7 Å². The summed E-state index contributed by atoms with van der Waals surface area (Å²) in [6, 6.07) is 8.39. The Hall–Kier alpha value is -2.41. The highest BCUT2D eigenvalue weighted by Crippen LogP contribution is 2.43. The molecule has 3 rings (SSSR count). The van der Waals surface area contributed by atoms with Crippen LogP contribution in [0, 0.1) is 29.6 Å². The van der Waals surface area contributed by atoms with Gasteiger partial charge in [0.25, 0.3) is 5.82 Å². The second-order valence-electron chi connectivity index (χ2n) is 5.21. The molecular weight excluding hydrogens is 372 g/mol. The van der Waals surface area contributed by atoms with Crippen molar-refractivity contribution in [2.75, 3.05) is 5.73 Å². The maximum atomic E-state index is 9.51. The van der Waals surface area contributed by atoms with Crippen molar-refractivity contribution in [1.29, 1.82) is 10.5 Å². The van der Waals surface area contributed by atoms with Gasteiger partial charge in [-0.3, -0.25) is 5.73 Å². The molecule has 3 N–H and O–H groups in total. The molecule has 1 aliphatic rings. The van der Waals surface area contributed by atoms with E-state index >= 15 is 0 Å². The predicted molar refractivity (Wildman–Crippen MR) is 95.0 cm³/mol. The fourth-order valence-corrected chi connectivity index (χ4v) is 4.19. The Bertz CT molecular complexity index is 983. The molecule has 2 heterocycles. The number of nitrogen functional groups attached to an aromatic ring is 1. The Labute approximate surface area is 146 Å². The Morgan fingerprint density at radius 3 is 2.57 bits per heavy atom. The summed E-state index contributed by atoms with van der Waals surface area (Å²) in [5.74, 6) is 0.296. The van der Waals surface area contributed by atoms with Crippen molar-refractivity contribution in [3.8, 4) is 12.1 Å². The number of hydrogen-bond acceptors (Lipinski definition) is 4. The average molecular weight is 384 g/mol. The number of nitrogens with two attached hydrogens (primary N) is 1. The first-order chi connectivity index (χ1) is 11.0. The highest BCUT2D eigenvalue weighted by atomic mass is 79.9. The Morgan fingerprint density at radius 2 is 2.00 bits per heavy atom. The lowest BCUT2D eigenvalue weighted by molar-refractivity contribution is -0.364. The van der Waals surface area contributed by atoms with Crippen molar-refractivity contribution < 1.29 is 4.98 Å². The lowest BCUT2D eigenvalue weighted by Gasteiger charge is -2.07. The zero-order valence-electron chi connectivity index (χ0n) is 12.5. The maximum Gasteiger partial charge on any atom is 0.289 e. The van der Waals surface area contributed by atoms with Gasteiger partial charge in [0.2, 0.25) is 0 Å². The molecule has 0 saturated carbocycles. The fraction of sp³-hybridized carbons (Fsp3) is 0.118. The third-order valence-electron chi connectivity index (χ3n) is 3.93. The quantitative estimate of drug-likeness (QED) is 0.808. The first-order valence-electron chi connectivity index (χ1n) is 6.82. The number of aromatic nitrogens is 1. The van der Waals surface area contributed by atoms with Crippen molar-refractivity contribution in [2.45, 2.75) is 13.8 Å². The summed E-state index contributed by atoms with van der Waals surface area (Å²) in [5, 5.41) is 18.9. The number of aromatic amines is 1. The number of anilines is 1. The van der Waals surface area contributed by atoms with Gasteiger partial charge in [-0.2, -0.15) is 10.5 Å². The van der Waals surface area contributed by atoms with Crippen LogP contribution in [-0.4, -0.2) is 0 Å². The monoisotopic (exact) mass is 383 g/mol. The zero-order chi connectivity index (χ0) is 16.7. The number of fused-ring (bicyclic) bond motifs is 1. The van der Waals surface area contributed by atoms with Crippen LogP contribution >= 0.6 is 27.3 Å². The number of hydrogen-bond donors (Lipinski definition) is 1. The summed E-state index contributed by atoms with van der Waals surface area (Å²) in [7, 11) is 0. The van der Waals surface area contributed by atoms with Gasteiger partial charge in [0.05, 0.1) is 3.79 Å².